The van der Waals surface area contributed by atoms with Crippen molar-refractivity contribution in [3.05, 3.63) is 23.8 Å². The number of aryl methyl sites for hydroxylation is 1. The van der Waals surface area contributed by atoms with Gasteiger partial charge in [-0.05, 0) is 29.9 Å². The van der Waals surface area contributed by atoms with Gasteiger partial charge in [-0.3, -0.25) is 0 Å². The third-order valence-electron chi connectivity index (χ3n) is 1.77. The molecule has 60 valence electrons. The average Bonchev–Trinajstić information content (AvgIpc) is 1.94. The van der Waals surface area contributed by atoms with Gasteiger partial charge in [0.1, 0.15) is 0 Å². The van der Waals surface area contributed by atoms with E-state index in [4.69, 9.17) is 0 Å². The molecule has 1 unspecified atom stereocenters. The van der Waals surface area contributed by atoms with E-state index >= 15 is 0 Å². The third kappa shape index (κ3) is 1.94. The molecule has 0 aliphatic heterocycles. The highest BCUT2D eigenvalue weighted by Gasteiger charge is 1.96. The first-order valence-electron chi connectivity index (χ1n) is 3.64. The van der Waals surface area contributed by atoms with E-state index in [0.29, 0.717) is 0 Å². The van der Waals surface area contributed by atoms with Gasteiger partial charge < -0.3 is 4.90 Å². The predicted octanol–water partition coefficient (Wildman–Crippen LogP) is 1.56. The molecular weight excluding hydrogens is 153 g/mol. The zero-order valence-corrected chi connectivity index (χ0v) is 8.41. The van der Waals surface area contributed by atoms with Crippen LogP contribution in [-0.4, -0.2) is 14.1 Å². The molecular formula is C9H14NP. The maximum atomic E-state index is 2.72. The molecule has 1 nitrogen and oxygen atoms in total. The minimum absolute atomic E-state index is 1.26. The molecule has 0 spiro atoms. The van der Waals surface area contributed by atoms with Crippen molar-refractivity contribution in [3.63, 3.8) is 0 Å². The smallest absolute Gasteiger partial charge is 0.0364 e. The lowest BCUT2D eigenvalue weighted by Crippen LogP contribution is -2.10. The topological polar surface area (TPSA) is 3.24 Å². The lowest BCUT2D eigenvalue weighted by Gasteiger charge is -2.13. The summed E-state index contributed by atoms with van der Waals surface area (Å²) in [5, 5.41) is 1.27. The van der Waals surface area contributed by atoms with E-state index in [-0.39, 0.29) is 0 Å². The molecule has 0 fully saturated rings. The quantitative estimate of drug-likeness (QED) is 0.574. The van der Waals surface area contributed by atoms with Crippen LogP contribution >= 0.6 is 9.24 Å². The van der Waals surface area contributed by atoms with Gasteiger partial charge in [0.2, 0.25) is 0 Å². The molecule has 0 N–H and O–H groups in total. The monoisotopic (exact) mass is 167 g/mol. The summed E-state index contributed by atoms with van der Waals surface area (Å²) < 4.78 is 0. The van der Waals surface area contributed by atoms with Crippen LogP contribution in [0.2, 0.25) is 0 Å². The Hall–Kier alpha value is -0.550. The highest BCUT2D eigenvalue weighted by Crippen LogP contribution is 2.12. The van der Waals surface area contributed by atoms with Crippen molar-refractivity contribution < 1.29 is 0 Å². The van der Waals surface area contributed by atoms with Crippen LogP contribution < -0.4 is 10.2 Å². The summed E-state index contributed by atoms with van der Waals surface area (Å²) in [6, 6.07) is 6.42. The number of anilines is 1. The summed E-state index contributed by atoms with van der Waals surface area (Å²) in [6.45, 7) is 2.12. The van der Waals surface area contributed by atoms with Gasteiger partial charge in [-0.15, -0.1) is 9.24 Å². The molecule has 0 aliphatic rings. The number of benzene rings is 1. The predicted molar refractivity (Wildman–Crippen MR) is 54.9 cm³/mol. The van der Waals surface area contributed by atoms with Crippen molar-refractivity contribution in [2.45, 2.75) is 6.92 Å². The summed E-state index contributed by atoms with van der Waals surface area (Å²) >= 11 is 0. The Morgan fingerprint density at radius 2 is 1.91 bits per heavy atom. The van der Waals surface area contributed by atoms with Crippen molar-refractivity contribution in [3.8, 4) is 0 Å². The second-order valence-electron chi connectivity index (χ2n) is 2.94. The van der Waals surface area contributed by atoms with E-state index in [1.54, 1.807) is 0 Å². The Kier molecular flexibility index (Phi) is 2.51. The number of nitrogens with zero attached hydrogens (tertiary/aromatic N) is 1. The van der Waals surface area contributed by atoms with Crippen LogP contribution in [0.4, 0.5) is 5.69 Å². The van der Waals surface area contributed by atoms with E-state index < -0.39 is 0 Å². The Labute approximate surface area is 70.6 Å². The summed E-state index contributed by atoms with van der Waals surface area (Å²) in [5.41, 5.74) is 2.58. The van der Waals surface area contributed by atoms with Crippen molar-refractivity contribution in [2.75, 3.05) is 19.0 Å². The summed E-state index contributed by atoms with van der Waals surface area (Å²) in [5.74, 6) is 0. The zero-order valence-electron chi connectivity index (χ0n) is 7.26. The molecule has 0 aliphatic carbocycles. The third-order valence-corrected chi connectivity index (χ3v) is 2.42. The van der Waals surface area contributed by atoms with Gasteiger partial charge in [0.05, 0.1) is 0 Å². The van der Waals surface area contributed by atoms with Crippen LogP contribution in [0.15, 0.2) is 18.2 Å². The first-order valence-corrected chi connectivity index (χ1v) is 4.22. The normalized spacial score (nSPS) is 9.82. The lowest BCUT2D eigenvalue weighted by molar-refractivity contribution is 1.13. The highest BCUT2D eigenvalue weighted by atomic mass is 31.0. The molecule has 0 aromatic heterocycles. The van der Waals surface area contributed by atoms with Gasteiger partial charge in [-0.25, -0.2) is 0 Å². The highest BCUT2D eigenvalue weighted by molar-refractivity contribution is 7.27. The molecule has 1 aromatic carbocycles. The second-order valence-corrected chi connectivity index (χ2v) is 3.56. The van der Waals surface area contributed by atoms with E-state index in [2.05, 4.69) is 53.4 Å². The molecule has 2 heteroatoms. The van der Waals surface area contributed by atoms with Crippen LogP contribution in [0.3, 0.4) is 0 Å². The molecule has 0 radical (unpaired) electrons. The van der Waals surface area contributed by atoms with Crippen molar-refractivity contribution in [2.24, 2.45) is 0 Å². The Balaban J connectivity index is 3.05. The molecule has 0 amide bonds. The van der Waals surface area contributed by atoms with E-state index in [1.807, 2.05) is 0 Å². The summed E-state index contributed by atoms with van der Waals surface area (Å²) in [7, 11) is 6.83. The number of rotatable bonds is 1. The van der Waals surface area contributed by atoms with Crippen LogP contribution in [0.25, 0.3) is 0 Å². The maximum absolute atomic E-state index is 2.72. The van der Waals surface area contributed by atoms with Gasteiger partial charge in [-0.1, -0.05) is 6.07 Å². The lowest BCUT2D eigenvalue weighted by atomic mass is 10.2. The van der Waals surface area contributed by atoms with Crippen LogP contribution in [0, 0.1) is 6.92 Å². The zero-order chi connectivity index (χ0) is 8.43. The first-order chi connectivity index (χ1) is 5.11. The standard InChI is InChI=1S/C9H14NP/c1-7-6-8(10(2)3)4-5-9(7)11/h4-6H,11H2,1-3H3. The minimum Gasteiger partial charge on any atom is -0.378 e. The SMILES string of the molecule is Cc1cc(N(C)C)ccc1P. The fourth-order valence-corrected chi connectivity index (χ4v) is 1.12. The van der Waals surface area contributed by atoms with E-state index in [1.165, 1.54) is 16.6 Å². The van der Waals surface area contributed by atoms with Gasteiger partial charge in [0.15, 0.2) is 0 Å². The average molecular weight is 167 g/mol. The van der Waals surface area contributed by atoms with Crippen molar-refractivity contribution in [1.29, 1.82) is 0 Å². The fraction of sp³-hybridized carbons (Fsp3) is 0.333. The number of hydrogen-bond donors (Lipinski definition) is 0. The van der Waals surface area contributed by atoms with Crippen LogP contribution in [0.5, 0.6) is 0 Å². The van der Waals surface area contributed by atoms with Gasteiger partial charge in [-0.2, -0.15) is 0 Å². The molecule has 1 rings (SSSR count). The molecule has 0 saturated heterocycles. The first kappa shape index (κ1) is 8.55. The van der Waals surface area contributed by atoms with Crippen LogP contribution in [-0.2, 0) is 0 Å². The van der Waals surface area contributed by atoms with Crippen LogP contribution in [0.1, 0.15) is 5.56 Å². The molecule has 1 atom stereocenters. The summed E-state index contributed by atoms with van der Waals surface area (Å²) in [6.07, 6.45) is 0. The van der Waals surface area contributed by atoms with Crippen molar-refractivity contribution >= 4 is 20.2 Å². The Morgan fingerprint density at radius 1 is 1.27 bits per heavy atom. The molecule has 0 bridgehead atoms. The molecule has 0 saturated carbocycles. The maximum Gasteiger partial charge on any atom is 0.0364 e. The van der Waals surface area contributed by atoms with E-state index in [0.717, 1.165) is 0 Å². The minimum atomic E-state index is 1.26. The van der Waals surface area contributed by atoms with E-state index in [9.17, 15) is 0 Å². The van der Waals surface area contributed by atoms with Crippen molar-refractivity contribution in [1.82, 2.24) is 0 Å². The molecule has 11 heavy (non-hydrogen) atoms. The van der Waals surface area contributed by atoms with Gasteiger partial charge in [0, 0.05) is 19.8 Å². The molecule has 1 aromatic rings. The van der Waals surface area contributed by atoms with Gasteiger partial charge in [0.25, 0.3) is 0 Å². The largest absolute Gasteiger partial charge is 0.378 e. The Morgan fingerprint density at radius 3 is 2.36 bits per heavy atom. The summed E-state index contributed by atoms with van der Waals surface area (Å²) in [4.78, 5) is 2.11. The fourth-order valence-electron chi connectivity index (χ4n) is 0.938. The number of hydrogen-bond acceptors (Lipinski definition) is 1. The Bertz CT molecular complexity index is 256. The molecule has 0 heterocycles. The van der Waals surface area contributed by atoms with Gasteiger partial charge >= 0.3 is 0 Å². The second kappa shape index (κ2) is 3.23.